The average Bonchev–Trinajstić information content (AvgIpc) is 2.64. The van der Waals surface area contributed by atoms with Gasteiger partial charge in [0.2, 0.25) is 0 Å². The third kappa shape index (κ3) is 6.50. The lowest BCUT2D eigenvalue weighted by atomic mass is 9.76. The van der Waals surface area contributed by atoms with Crippen molar-refractivity contribution in [2.45, 2.75) is 73.1 Å². The minimum atomic E-state index is -0.0933. The van der Waals surface area contributed by atoms with E-state index in [1.807, 2.05) is 24.3 Å². The Labute approximate surface area is 189 Å². The van der Waals surface area contributed by atoms with Crippen LogP contribution in [0.3, 0.4) is 0 Å². The summed E-state index contributed by atoms with van der Waals surface area (Å²) in [4.78, 5) is 0. The third-order valence-corrected chi connectivity index (χ3v) is 5.80. The molecule has 0 spiro atoms. The maximum atomic E-state index is 11.2. The molecule has 0 aliphatic carbocycles. The number of benzene rings is 2. The van der Waals surface area contributed by atoms with Crippen LogP contribution >= 0.6 is 0 Å². The number of aromatic hydroxyl groups is 2. The lowest BCUT2D eigenvalue weighted by Crippen LogP contribution is -2.15. The van der Waals surface area contributed by atoms with Gasteiger partial charge in [0.1, 0.15) is 11.5 Å². The van der Waals surface area contributed by atoms with E-state index in [2.05, 4.69) is 66.8 Å². The summed E-state index contributed by atoms with van der Waals surface area (Å²) in [6.45, 7) is 20.9. The molecule has 31 heavy (non-hydrogen) atoms. The SMILES string of the molecule is C=CCc1cc(C)cc(C(CC(C)CC(C)(C)C)c2cc(C)cc(CC=C)c2O)c1O. The highest BCUT2D eigenvalue weighted by Crippen LogP contribution is 2.44. The van der Waals surface area contributed by atoms with E-state index in [4.69, 9.17) is 0 Å². The van der Waals surface area contributed by atoms with Crippen LogP contribution in [0.25, 0.3) is 0 Å². The molecule has 0 bridgehead atoms. The van der Waals surface area contributed by atoms with Gasteiger partial charge in [-0.25, -0.2) is 0 Å². The van der Waals surface area contributed by atoms with Gasteiger partial charge in [0.15, 0.2) is 0 Å². The molecule has 1 unspecified atom stereocenters. The lowest BCUT2D eigenvalue weighted by molar-refractivity contribution is 0.289. The minimum Gasteiger partial charge on any atom is -0.507 e. The maximum Gasteiger partial charge on any atom is 0.122 e. The first kappa shape index (κ1) is 24.8. The van der Waals surface area contributed by atoms with Gasteiger partial charge in [-0.2, -0.15) is 0 Å². The highest BCUT2D eigenvalue weighted by atomic mass is 16.3. The summed E-state index contributed by atoms with van der Waals surface area (Å²) in [5, 5.41) is 22.4. The monoisotopic (exact) mass is 420 g/mol. The number of hydrogen-bond donors (Lipinski definition) is 2. The number of phenolic OH excluding ortho intramolecular Hbond substituents is 2. The topological polar surface area (TPSA) is 40.5 Å². The van der Waals surface area contributed by atoms with Gasteiger partial charge in [0.25, 0.3) is 0 Å². The zero-order valence-electron chi connectivity index (χ0n) is 20.3. The van der Waals surface area contributed by atoms with Crippen molar-refractivity contribution in [1.29, 1.82) is 0 Å². The smallest absolute Gasteiger partial charge is 0.122 e. The fourth-order valence-corrected chi connectivity index (χ4v) is 4.87. The summed E-state index contributed by atoms with van der Waals surface area (Å²) < 4.78 is 0. The molecule has 0 fully saturated rings. The Morgan fingerprint density at radius 1 is 0.839 bits per heavy atom. The van der Waals surface area contributed by atoms with Gasteiger partial charge in [0, 0.05) is 17.0 Å². The molecule has 0 aliphatic heterocycles. The largest absolute Gasteiger partial charge is 0.507 e. The molecular weight excluding hydrogens is 380 g/mol. The quantitative estimate of drug-likeness (QED) is 0.407. The van der Waals surface area contributed by atoms with Gasteiger partial charge in [0.05, 0.1) is 0 Å². The van der Waals surface area contributed by atoms with Crippen LogP contribution in [0.15, 0.2) is 49.6 Å². The molecule has 2 N–H and O–H groups in total. The van der Waals surface area contributed by atoms with Crippen molar-refractivity contribution in [3.8, 4) is 11.5 Å². The van der Waals surface area contributed by atoms with Crippen LogP contribution in [0.5, 0.6) is 11.5 Å². The van der Waals surface area contributed by atoms with Gasteiger partial charge in [-0.3, -0.25) is 0 Å². The molecule has 2 rings (SSSR count). The van der Waals surface area contributed by atoms with E-state index in [9.17, 15) is 10.2 Å². The van der Waals surface area contributed by atoms with Crippen molar-refractivity contribution in [3.63, 3.8) is 0 Å². The summed E-state index contributed by atoms with van der Waals surface area (Å²) in [6.07, 6.45) is 6.80. The summed E-state index contributed by atoms with van der Waals surface area (Å²) in [5.74, 6) is 0.981. The van der Waals surface area contributed by atoms with E-state index in [1.165, 1.54) is 0 Å². The molecule has 0 aromatic heterocycles. The second kappa shape index (κ2) is 10.2. The van der Waals surface area contributed by atoms with Crippen LogP contribution in [-0.4, -0.2) is 10.2 Å². The molecule has 2 aromatic rings. The van der Waals surface area contributed by atoms with Crippen molar-refractivity contribution in [1.82, 2.24) is 0 Å². The third-order valence-electron chi connectivity index (χ3n) is 5.80. The zero-order valence-corrected chi connectivity index (χ0v) is 20.3. The van der Waals surface area contributed by atoms with Crippen molar-refractivity contribution < 1.29 is 10.2 Å². The Hall–Kier alpha value is -2.48. The van der Waals surface area contributed by atoms with Gasteiger partial charge in [-0.05, 0) is 62.0 Å². The standard InChI is InChI=1S/C29H40O2/c1-9-11-22-13-19(3)15-25(27(22)30)24(17-21(5)18-29(6,7)8)26-16-20(4)14-23(12-10-2)28(26)31/h9-10,13-16,21,24,30-31H,1-2,11-12,17-18H2,3-8H3. The molecule has 0 saturated carbocycles. The summed E-state index contributed by atoms with van der Waals surface area (Å²) in [7, 11) is 0. The molecule has 0 heterocycles. The molecule has 2 heteroatoms. The predicted molar refractivity (Wildman–Crippen MR) is 133 cm³/mol. The van der Waals surface area contributed by atoms with Gasteiger partial charge < -0.3 is 10.2 Å². The number of hydrogen-bond acceptors (Lipinski definition) is 2. The van der Waals surface area contributed by atoms with Crippen LogP contribution in [0, 0.1) is 25.2 Å². The van der Waals surface area contributed by atoms with Crippen molar-refractivity contribution >= 4 is 0 Å². The first-order valence-electron chi connectivity index (χ1n) is 11.3. The fraction of sp³-hybridized carbons (Fsp3) is 0.448. The Bertz CT molecular complexity index is 865. The number of phenols is 2. The van der Waals surface area contributed by atoms with Crippen LogP contribution in [0.1, 0.15) is 79.8 Å². The number of rotatable bonds is 9. The van der Waals surface area contributed by atoms with Crippen LogP contribution in [0.2, 0.25) is 0 Å². The normalized spacial score (nSPS) is 12.7. The van der Waals surface area contributed by atoms with Gasteiger partial charge in [-0.1, -0.05) is 75.2 Å². The Balaban J connectivity index is 2.69. The van der Waals surface area contributed by atoms with Crippen LogP contribution < -0.4 is 0 Å². The van der Waals surface area contributed by atoms with E-state index in [1.54, 1.807) is 0 Å². The highest BCUT2D eigenvalue weighted by Gasteiger charge is 2.27. The van der Waals surface area contributed by atoms with E-state index < -0.39 is 0 Å². The Morgan fingerprint density at radius 2 is 1.26 bits per heavy atom. The second-order valence-electron chi connectivity index (χ2n) is 10.4. The number of allylic oxidation sites excluding steroid dienone is 2. The average molecular weight is 421 g/mol. The summed E-state index contributed by atoms with van der Waals surface area (Å²) in [5.41, 5.74) is 5.99. The van der Waals surface area contributed by atoms with Gasteiger partial charge in [-0.15, -0.1) is 13.2 Å². The summed E-state index contributed by atoms with van der Waals surface area (Å²) >= 11 is 0. The van der Waals surface area contributed by atoms with Crippen molar-refractivity contribution in [2.24, 2.45) is 11.3 Å². The van der Waals surface area contributed by atoms with Crippen LogP contribution in [0.4, 0.5) is 0 Å². The molecule has 2 aromatic carbocycles. The fourth-order valence-electron chi connectivity index (χ4n) is 4.87. The van der Waals surface area contributed by atoms with Gasteiger partial charge >= 0.3 is 0 Å². The Morgan fingerprint density at radius 3 is 1.61 bits per heavy atom. The summed E-state index contributed by atoms with van der Waals surface area (Å²) in [6, 6.07) is 8.20. The van der Waals surface area contributed by atoms with E-state index in [0.717, 1.165) is 46.2 Å². The minimum absolute atomic E-state index is 0.0933. The molecule has 0 amide bonds. The second-order valence-corrected chi connectivity index (χ2v) is 10.4. The van der Waals surface area contributed by atoms with E-state index in [0.29, 0.717) is 30.3 Å². The first-order valence-corrected chi connectivity index (χ1v) is 11.3. The predicted octanol–water partition coefficient (Wildman–Crippen LogP) is 7.77. The number of aryl methyl sites for hydroxylation is 2. The molecule has 0 saturated heterocycles. The zero-order chi connectivity index (χ0) is 23.3. The molecule has 1 atom stereocenters. The van der Waals surface area contributed by atoms with E-state index >= 15 is 0 Å². The lowest BCUT2D eigenvalue weighted by Gasteiger charge is -2.29. The molecule has 0 aliphatic rings. The van der Waals surface area contributed by atoms with Crippen LogP contribution in [-0.2, 0) is 12.8 Å². The molecule has 168 valence electrons. The van der Waals surface area contributed by atoms with E-state index in [-0.39, 0.29) is 11.3 Å². The first-order chi connectivity index (χ1) is 14.5. The Kier molecular flexibility index (Phi) is 8.17. The maximum absolute atomic E-state index is 11.2. The molecule has 2 nitrogen and oxygen atoms in total. The highest BCUT2D eigenvalue weighted by molar-refractivity contribution is 5.54. The van der Waals surface area contributed by atoms with Crippen molar-refractivity contribution in [3.05, 3.63) is 83.0 Å². The molecular formula is C29H40O2. The molecule has 0 radical (unpaired) electrons. The van der Waals surface area contributed by atoms with Crippen molar-refractivity contribution in [2.75, 3.05) is 0 Å².